The van der Waals surface area contributed by atoms with Gasteiger partial charge in [0.1, 0.15) is 0 Å². The molecule has 0 aromatic heterocycles. The topological polar surface area (TPSA) is 72.5 Å². The second kappa shape index (κ2) is 4.37. The van der Waals surface area contributed by atoms with Crippen LogP contribution in [0.5, 0.6) is 0 Å². The quantitative estimate of drug-likeness (QED) is 0.792. The summed E-state index contributed by atoms with van der Waals surface area (Å²) in [5, 5.41) is 2.05. The second-order valence-electron chi connectivity index (χ2n) is 3.80. The van der Waals surface area contributed by atoms with Crippen molar-refractivity contribution in [2.45, 2.75) is 19.4 Å². The lowest BCUT2D eigenvalue weighted by Gasteiger charge is -2.09. The number of ether oxygens (including phenoxy) is 1. The van der Waals surface area contributed by atoms with Crippen LogP contribution < -0.4 is 5.32 Å². The Balaban J connectivity index is 2.22. The van der Waals surface area contributed by atoms with Crippen molar-refractivity contribution in [1.82, 2.24) is 5.32 Å². The summed E-state index contributed by atoms with van der Waals surface area (Å²) in [5.74, 6) is -0.543. The third-order valence-electron chi connectivity index (χ3n) is 2.57. The van der Waals surface area contributed by atoms with Crippen LogP contribution in [-0.2, 0) is 16.0 Å². The highest BCUT2D eigenvalue weighted by molar-refractivity contribution is 6.00. The molecule has 1 aliphatic heterocycles. The van der Waals surface area contributed by atoms with Gasteiger partial charge in [0.2, 0.25) is 0 Å². The van der Waals surface area contributed by atoms with Crippen LogP contribution in [0.1, 0.15) is 22.8 Å². The van der Waals surface area contributed by atoms with Gasteiger partial charge in [-0.2, -0.15) is 0 Å². The zero-order chi connectivity index (χ0) is 12.4. The van der Waals surface area contributed by atoms with E-state index in [9.17, 15) is 14.4 Å². The van der Waals surface area contributed by atoms with Crippen molar-refractivity contribution in [2.24, 2.45) is 0 Å². The minimum absolute atomic E-state index is 0.0784. The molecule has 5 nitrogen and oxygen atoms in total. The van der Waals surface area contributed by atoms with Crippen LogP contribution in [0.3, 0.4) is 0 Å². The molecule has 5 heteroatoms. The molecular formula is C12H11NO4. The van der Waals surface area contributed by atoms with Gasteiger partial charge in [-0.1, -0.05) is 24.3 Å². The van der Waals surface area contributed by atoms with Crippen molar-refractivity contribution in [3.63, 3.8) is 0 Å². The highest BCUT2D eigenvalue weighted by atomic mass is 16.6. The van der Waals surface area contributed by atoms with E-state index in [0.717, 1.165) is 0 Å². The summed E-state index contributed by atoms with van der Waals surface area (Å²) >= 11 is 0. The second-order valence-corrected chi connectivity index (χ2v) is 3.80. The van der Waals surface area contributed by atoms with E-state index < -0.39 is 18.1 Å². The molecule has 1 aromatic rings. The maximum atomic E-state index is 11.4. The summed E-state index contributed by atoms with van der Waals surface area (Å²) in [7, 11) is 0. The number of hydrogen-bond acceptors (Lipinski definition) is 4. The molecule has 0 radical (unpaired) electrons. The fourth-order valence-corrected chi connectivity index (χ4v) is 1.77. The summed E-state index contributed by atoms with van der Waals surface area (Å²) < 4.78 is 4.80. The van der Waals surface area contributed by atoms with Crippen molar-refractivity contribution >= 4 is 17.8 Å². The number of hydrogen-bond donors (Lipinski definition) is 1. The fourth-order valence-electron chi connectivity index (χ4n) is 1.77. The van der Waals surface area contributed by atoms with Gasteiger partial charge in [-0.05, 0) is 12.5 Å². The van der Waals surface area contributed by atoms with E-state index in [0.29, 0.717) is 11.1 Å². The standard InChI is InChI=1S/C12H11NO4/c1-7(14)9-5-3-2-4-8(9)6-10-11(15)13-12(16)17-10/h2-5,10H,6H2,1H3,(H,13,15,16). The fraction of sp³-hybridized carbons (Fsp3) is 0.250. The lowest BCUT2D eigenvalue weighted by Crippen LogP contribution is -2.26. The SMILES string of the molecule is CC(=O)c1ccccc1CC1OC(=O)NC1=O. The highest BCUT2D eigenvalue weighted by Crippen LogP contribution is 2.15. The molecule has 1 N–H and O–H groups in total. The molecule has 2 amide bonds. The first-order valence-electron chi connectivity index (χ1n) is 5.18. The smallest absolute Gasteiger partial charge is 0.414 e. The molecule has 1 unspecified atom stereocenters. The third kappa shape index (κ3) is 2.33. The number of imide groups is 1. The van der Waals surface area contributed by atoms with Crippen molar-refractivity contribution in [3.05, 3.63) is 35.4 Å². The number of amides is 2. The first-order chi connectivity index (χ1) is 8.08. The largest absolute Gasteiger partial charge is 0.435 e. The number of ketones is 1. The summed E-state index contributed by atoms with van der Waals surface area (Å²) in [6.07, 6.45) is -1.36. The number of carbonyl (C=O) groups excluding carboxylic acids is 3. The third-order valence-corrected chi connectivity index (χ3v) is 2.57. The molecule has 1 fully saturated rings. The Hall–Kier alpha value is -2.17. The van der Waals surface area contributed by atoms with Crippen LogP contribution in [0.25, 0.3) is 0 Å². The summed E-state index contributed by atoms with van der Waals surface area (Å²) in [4.78, 5) is 33.6. The molecule has 2 rings (SSSR count). The monoisotopic (exact) mass is 233 g/mol. The van der Waals surface area contributed by atoms with E-state index in [4.69, 9.17) is 4.74 Å². The van der Waals surface area contributed by atoms with E-state index in [-0.39, 0.29) is 12.2 Å². The van der Waals surface area contributed by atoms with Gasteiger partial charge in [-0.25, -0.2) is 4.79 Å². The van der Waals surface area contributed by atoms with E-state index in [1.54, 1.807) is 24.3 Å². The molecule has 1 atom stereocenters. The van der Waals surface area contributed by atoms with Gasteiger partial charge in [-0.3, -0.25) is 14.9 Å². The zero-order valence-electron chi connectivity index (χ0n) is 9.23. The Bertz CT molecular complexity index is 495. The van der Waals surface area contributed by atoms with Gasteiger partial charge in [0.25, 0.3) is 5.91 Å². The first-order valence-corrected chi connectivity index (χ1v) is 5.18. The Labute approximate surface area is 97.8 Å². The molecule has 1 aromatic carbocycles. The van der Waals surface area contributed by atoms with E-state index in [1.165, 1.54) is 6.92 Å². The van der Waals surface area contributed by atoms with Crippen LogP contribution in [0.4, 0.5) is 4.79 Å². The predicted octanol–water partition coefficient (Wildman–Crippen LogP) is 1.07. The molecule has 88 valence electrons. The van der Waals surface area contributed by atoms with Crippen LogP contribution >= 0.6 is 0 Å². The Morgan fingerprint density at radius 3 is 2.65 bits per heavy atom. The number of cyclic esters (lactones) is 1. The van der Waals surface area contributed by atoms with Crippen molar-refractivity contribution in [3.8, 4) is 0 Å². The first kappa shape index (κ1) is 11.3. The van der Waals surface area contributed by atoms with E-state index in [2.05, 4.69) is 5.32 Å². The normalized spacial score (nSPS) is 18.8. The Kier molecular flexibility index (Phi) is 2.91. The van der Waals surface area contributed by atoms with Gasteiger partial charge < -0.3 is 4.74 Å². The average molecular weight is 233 g/mol. The molecule has 0 saturated carbocycles. The Morgan fingerprint density at radius 1 is 1.35 bits per heavy atom. The van der Waals surface area contributed by atoms with Crippen molar-refractivity contribution in [1.29, 1.82) is 0 Å². The van der Waals surface area contributed by atoms with Gasteiger partial charge in [0.05, 0.1) is 0 Å². The number of carbonyl (C=O) groups is 3. The van der Waals surface area contributed by atoms with E-state index >= 15 is 0 Å². The van der Waals surface area contributed by atoms with Gasteiger partial charge in [0.15, 0.2) is 11.9 Å². The highest BCUT2D eigenvalue weighted by Gasteiger charge is 2.32. The van der Waals surface area contributed by atoms with Gasteiger partial charge >= 0.3 is 6.09 Å². The summed E-state index contributed by atoms with van der Waals surface area (Å²) in [5.41, 5.74) is 1.25. The summed E-state index contributed by atoms with van der Waals surface area (Å²) in [6, 6.07) is 6.96. The maximum Gasteiger partial charge on any atom is 0.414 e. The molecule has 1 saturated heterocycles. The number of alkyl carbamates (subject to hydrolysis) is 1. The van der Waals surface area contributed by atoms with Gasteiger partial charge in [0, 0.05) is 12.0 Å². The molecule has 0 bridgehead atoms. The number of nitrogens with one attached hydrogen (secondary N) is 1. The molecule has 17 heavy (non-hydrogen) atoms. The molecular weight excluding hydrogens is 222 g/mol. The molecule has 1 aliphatic rings. The molecule has 0 aliphatic carbocycles. The van der Waals surface area contributed by atoms with Crippen LogP contribution in [0.15, 0.2) is 24.3 Å². The number of Topliss-reactive ketones (excluding diaryl/α,β-unsaturated/α-hetero) is 1. The maximum absolute atomic E-state index is 11.4. The van der Waals surface area contributed by atoms with Crippen LogP contribution in [-0.4, -0.2) is 23.9 Å². The number of rotatable bonds is 3. The van der Waals surface area contributed by atoms with Crippen molar-refractivity contribution in [2.75, 3.05) is 0 Å². The van der Waals surface area contributed by atoms with Crippen molar-refractivity contribution < 1.29 is 19.1 Å². The van der Waals surface area contributed by atoms with E-state index in [1.807, 2.05) is 0 Å². The molecule has 1 heterocycles. The van der Waals surface area contributed by atoms with Crippen LogP contribution in [0.2, 0.25) is 0 Å². The average Bonchev–Trinajstić information content (AvgIpc) is 2.58. The summed E-state index contributed by atoms with van der Waals surface area (Å²) in [6.45, 7) is 1.46. The Morgan fingerprint density at radius 2 is 2.06 bits per heavy atom. The molecule has 0 spiro atoms. The number of benzene rings is 1. The predicted molar refractivity (Wildman–Crippen MR) is 58.6 cm³/mol. The minimum atomic E-state index is -0.844. The minimum Gasteiger partial charge on any atom is -0.435 e. The lowest BCUT2D eigenvalue weighted by atomic mass is 9.99. The zero-order valence-corrected chi connectivity index (χ0v) is 9.23. The lowest BCUT2D eigenvalue weighted by molar-refractivity contribution is -0.123. The van der Waals surface area contributed by atoms with Crippen LogP contribution in [0, 0.1) is 0 Å². The van der Waals surface area contributed by atoms with Gasteiger partial charge in [-0.15, -0.1) is 0 Å².